The number of hydrogen-bond donors (Lipinski definition) is 0. The maximum Gasteiger partial charge on any atom is 0.573 e. The fourth-order valence-corrected chi connectivity index (χ4v) is 5.02. The fourth-order valence-electron chi connectivity index (χ4n) is 5.02. The zero-order valence-electron chi connectivity index (χ0n) is 16.6. The van der Waals surface area contributed by atoms with Crippen LogP contribution in [0.15, 0.2) is 36.4 Å². The summed E-state index contributed by atoms with van der Waals surface area (Å²) in [6.45, 7) is 0.702. The van der Waals surface area contributed by atoms with Crippen molar-refractivity contribution in [1.29, 1.82) is 0 Å². The Hall–Kier alpha value is -1.49. The molecule has 2 fully saturated rings. The standard InChI is InChI=1S/C23H31F3O2/c1-27-16-2-3-17-4-6-18(7-5-17)19-8-10-20(11-9-19)21-12-14-22(15-13-21)28-23(24,25)26/h2-3,12-15,17-20H,4-11,16H2,1H3. The maximum atomic E-state index is 12.3. The van der Waals surface area contributed by atoms with Crippen molar-refractivity contribution >= 4 is 0 Å². The van der Waals surface area contributed by atoms with E-state index in [4.69, 9.17) is 4.74 Å². The lowest BCUT2D eigenvalue weighted by molar-refractivity contribution is -0.274. The van der Waals surface area contributed by atoms with Crippen LogP contribution in [0.25, 0.3) is 0 Å². The first-order chi connectivity index (χ1) is 13.4. The van der Waals surface area contributed by atoms with E-state index in [-0.39, 0.29) is 5.75 Å². The van der Waals surface area contributed by atoms with E-state index < -0.39 is 6.36 Å². The van der Waals surface area contributed by atoms with E-state index in [9.17, 15) is 13.2 Å². The van der Waals surface area contributed by atoms with Crippen LogP contribution in [0.5, 0.6) is 5.75 Å². The molecule has 0 atom stereocenters. The summed E-state index contributed by atoms with van der Waals surface area (Å²) in [7, 11) is 1.72. The van der Waals surface area contributed by atoms with Crippen LogP contribution in [-0.4, -0.2) is 20.1 Å². The van der Waals surface area contributed by atoms with Crippen molar-refractivity contribution in [2.45, 2.75) is 63.6 Å². The third kappa shape index (κ3) is 6.26. The first-order valence-electron chi connectivity index (χ1n) is 10.5. The molecule has 1 aromatic rings. The van der Waals surface area contributed by atoms with Gasteiger partial charge < -0.3 is 9.47 Å². The van der Waals surface area contributed by atoms with Gasteiger partial charge in [-0.15, -0.1) is 13.2 Å². The molecule has 2 aliphatic rings. The summed E-state index contributed by atoms with van der Waals surface area (Å²) in [4.78, 5) is 0. The SMILES string of the molecule is COCC=CC1CCC(C2CCC(c3ccc(OC(F)(F)F)cc3)CC2)CC1. The summed E-state index contributed by atoms with van der Waals surface area (Å²) < 4.78 is 45.9. The van der Waals surface area contributed by atoms with E-state index >= 15 is 0 Å². The number of ether oxygens (including phenoxy) is 2. The zero-order valence-corrected chi connectivity index (χ0v) is 16.6. The van der Waals surface area contributed by atoms with Gasteiger partial charge in [-0.2, -0.15) is 0 Å². The molecule has 2 aliphatic carbocycles. The van der Waals surface area contributed by atoms with E-state index in [0.717, 1.165) is 30.2 Å². The Bertz CT molecular complexity index is 608. The van der Waals surface area contributed by atoms with Gasteiger partial charge in [0, 0.05) is 7.11 Å². The summed E-state index contributed by atoms with van der Waals surface area (Å²) in [6.07, 6.45) is 9.79. The summed E-state index contributed by atoms with van der Waals surface area (Å²) in [5, 5.41) is 0. The Kier molecular flexibility index (Phi) is 7.44. The monoisotopic (exact) mass is 396 g/mol. The molecule has 0 spiro atoms. The molecule has 0 heterocycles. The molecule has 3 rings (SSSR count). The minimum Gasteiger partial charge on any atom is -0.406 e. The van der Waals surface area contributed by atoms with Gasteiger partial charge in [0.1, 0.15) is 5.75 Å². The van der Waals surface area contributed by atoms with Crippen molar-refractivity contribution < 1.29 is 22.6 Å². The van der Waals surface area contributed by atoms with E-state index in [1.807, 2.05) is 0 Å². The predicted octanol–water partition coefficient (Wildman–Crippen LogP) is 6.87. The van der Waals surface area contributed by atoms with Crippen molar-refractivity contribution in [3.05, 3.63) is 42.0 Å². The zero-order chi connectivity index (χ0) is 20.0. The molecule has 5 heteroatoms. The highest BCUT2D eigenvalue weighted by Crippen LogP contribution is 2.44. The lowest BCUT2D eigenvalue weighted by atomic mass is 9.68. The van der Waals surface area contributed by atoms with Crippen LogP contribution in [0.3, 0.4) is 0 Å². The summed E-state index contributed by atoms with van der Waals surface area (Å²) in [5.41, 5.74) is 1.14. The van der Waals surface area contributed by atoms with Gasteiger partial charge in [-0.1, -0.05) is 24.3 Å². The molecule has 0 aromatic heterocycles. The summed E-state index contributed by atoms with van der Waals surface area (Å²) in [6, 6.07) is 6.47. The Balaban J connectivity index is 1.43. The second-order valence-corrected chi connectivity index (χ2v) is 8.29. The van der Waals surface area contributed by atoms with Gasteiger partial charge in [0.05, 0.1) is 6.61 Å². The Morgan fingerprint density at radius 2 is 1.46 bits per heavy atom. The van der Waals surface area contributed by atoms with Crippen molar-refractivity contribution in [2.24, 2.45) is 17.8 Å². The molecule has 0 unspecified atom stereocenters. The highest BCUT2D eigenvalue weighted by atomic mass is 19.4. The smallest absolute Gasteiger partial charge is 0.406 e. The summed E-state index contributed by atoms with van der Waals surface area (Å²) in [5.74, 6) is 2.69. The third-order valence-electron chi connectivity index (χ3n) is 6.51. The summed E-state index contributed by atoms with van der Waals surface area (Å²) >= 11 is 0. The Morgan fingerprint density at radius 3 is 2.00 bits per heavy atom. The predicted molar refractivity (Wildman–Crippen MR) is 104 cm³/mol. The average Bonchev–Trinajstić information content (AvgIpc) is 2.68. The van der Waals surface area contributed by atoms with Crippen LogP contribution in [0, 0.1) is 17.8 Å². The van der Waals surface area contributed by atoms with Gasteiger partial charge in [-0.05, 0) is 92.7 Å². The number of halogens is 3. The van der Waals surface area contributed by atoms with E-state index in [2.05, 4.69) is 16.9 Å². The Morgan fingerprint density at radius 1 is 0.893 bits per heavy atom. The number of allylic oxidation sites excluding steroid dienone is 1. The van der Waals surface area contributed by atoms with Crippen molar-refractivity contribution in [3.8, 4) is 5.75 Å². The number of alkyl halides is 3. The lowest BCUT2D eigenvalue weighted by Gasteiger charge is -2.37. The molecule has 156 valence electrons. The molecule has 1 aromatic carbocycles. The molecule has 0 radical (unpaired) electrons. The molecule has 2 nitrogen and oxygen atoms in total. The van der Waals surface area contributed by atoms with Crippen LogP contribution in [0.2, 0.25) is 0 Å². The minimum absolute atomic E-state index is 0.138. The quantitative estimate of drug-likeness (QED) is 0.489. The number of rotatable bonds is 6. The van der Waals surface area contributed by atoms with Gasteiger partial charge in [0.15, 0.2) is 0 Å². The van der Waals surface area contributed by atoms with Crippen LogP contribution in [0.4, 0.5) is 13.2 Å². The largest absolute Gasteiger partial charge is 0.573 e. The number of benzene rings is 1. The van der Waals surface area contributed by atoms with E-state index in [1.165, 1.54) is 50.7 Å². The Labute approximate surface area is 166 Å². The van der Waals surface area contributed by atoms with Gasteiger partial charge in [0.25, 0.3) is 0 Å². The van der Waals surface area contributed by atoms with Crippen LogP contribution in [-0.2, 0) is 4.74 Å². The number of methoxy groups -OCH3 is 1. The van der Waals surface area contributed by atoms with Crippen LogP contribution < -0.4 is 4.74 Å². The van der Waals surface area contributed by atoms with Crippen LogP contribution >= 0.6 is 0 Å². The van der Waals surface area contributed by atoms with Crippen molar-refractivity contribution in [3.63, 3.8) is 0 Å². The van der Waals surface area contributed by atoms with Crippen molar-refractivity contribution in [2.75, 3.05) is 13.7 Å². The molecule has 0 bridgehead atoms. The van der Waals surface area contributed by atoms with Crippen LogP contribution in [0.1, 0.15) is 62.8 Å². The molecule has 28 heavy (non-hydrogen) atoms. The second-order valence-electron chi connectivity index (χ2n) is 8.29. The van der Waals surface area contributed by atoms with Gasteiger partial charge >= 0.3 is 6.36 Å². The van der Waals surface area contributed by atoms with E-state index in [1.54, 1.807) is 19.2 Å². The molecule has 2 saturated carbocycles. The topological polar surface area (TPSA) is 18.5 Å². The van der Waals surface area contributed by atoms with E-state index in [0.29, 0.717) is 18.4 Å². The molecular formula is C23H31F3O2. The molecular weight excluding hydrogens is 365 g/mol. The third-order valence-corrected chi connectivity index (χ3v) is 6.51. The fraction of sp³-hybridized carbons (Fsp3) is 0.652. The molecule has 0 saturated heterocycles. The van der Waals surface area contributed by atoms with Crippen molar-refractivity contribution in [1.82, 2.24) is 0 Å². The first-order valence-corrected chi connectivity index (χ1v) is 10.5. The minimum atomic E-state index is -4.63. The van der Waals surface area contributed by atoms with Gasteiger partial charge in [-0.3, -0.25) is 0 Å². The maximum absolute atomic E-state index is 12.3. The van der Waals surface area contributed by atoms with Gasteiger partial charge in [-0.25, -0.2) is 0 Å². The highest BCUT2D eigenvalue weighted by molar-refractivity contribution is 5.29. The highest BCUT2D eigenvalue weighted by Gasteiger charge is 2.32. The number of hydrogen-bond acceptors (Lipinski definition) is 2. The second kappa shape index (κ2) is 9.82. The normalized spacial score (nSPS) is 29.1. The molecule has 0 amide bonds. The first kappa shape index (κ1) is 21.2. The lowest BCUT2D eigenvalue weighted by Crippen LogP contribution is -2.25. The average molecular weight is 396 g/mol. The molecule has 0 aliphatic heterocycles. The molecule has 0 N–H and O–H groups in total. The van der Waals surface area contributed by atoms with Gasteiger partial charge in [0.2, 0.25) is 0 Å².